The Morgan fingerprint density at radius 1 is 1.25 bits per heavy atom. The number of halogens is 3. The average Bonchev–Trinajstić information content (AvgIpc) is 2.27. The van der Waals surface area contributed by atoms with E-state index in [9.17, 15) is 23.1 Å². The highest BCUT2D eigenvalue weighted by Crippen LogP contribution is 2.34. The Bertz CT molecular complexity index is 513. The van der Waals surface area contributed by atoms with E-state index in [-0.39, 0.29) is 5.95 Å². The maximum atomic E-state index is 12.6. The van der Waals surface area contributed by atoms with Crippen molar-refractivity contribution in [2.45, 2.75) is 39.4 Å². The third kappa shape index (κ3) is 3.17. The molecule has 0 amide bonds. The van der Waals surface area contributed by atoms with Crippen LogP contribution in [-0.4, -0.2) is 26.6 Å². The predicted octanol–water partition coefficient (Wildman–Crippen LogP) is 2.80. The molecule has 0 atom stereocenters. The number of carboxylic acids is 1. The summed E-state index contributed by atoms with van der Waals surface area (Å²) in [6, 6.07) is 0.751. The molecular formula is C12H16F3N3O2. The van der Waals surface area contributed by atoms with E-state index in [1.807, 2.05) is 0 Å². The lowest BCUT2D eigenvalue weighted by atomic mass is 9.74. The minimum Gasteiger partial charge on any atom is -0.481 e. The lowest BCUT2D eigenvalue weighted by molar-refractivity contribution is -0.149. The number of carbonyl (C=O) groups is 1. The molecule has 0 radical (unpaired) electrons. The lowest BCUT2D eigenvalue weighted by Gasteiger charge is -2.38. The van der Waals surface area contributed by atoms with Gasteiger partial charge in [0.25, 0.3) is 0 Å². The maximum Gasteiger partial charge on any atom is 0.433 e. The topological polar surface area (TPSA) is 75.1 Å². The zero-order valence-corrected chi connectivity index (χ0v) is 11.5. The van der Waals surface area contributed by atoms with Crippen molar-refractivity contribution < 1.29 is 23.1 Å². The summed E-state index contributed by atoms with van der Waals surface area (Å²) < 4.78 is 37.7. The molecule has 8 heteroatoms. The van der Waals surface area contributed by atoms with Crippen LogP contribution in [0.1, 0.15) is 33.4 Å². The van der Waals surface area contributed by atoms with Crippen molar-refractivity contribution in [2.75, 3.05) is 5.32 Å². The first-order valence-corrected chi connectivity index (χ1v) is 5.80. The molecule has 112 valence electrons. The molecule has 0 fully saturated rings. The molecule has 0 saturated heterocycles. The molecule has 1 rings (SSSR count). The van der Waals surface area contributed by atoms with Gasteiger partial charge in [-0.15, -0.1) is 0 Å². The van der Waals surface area contributed by atoms with Crippen LogP contribution in [0.3, 0.4) is 0 Å². The highest BCUT2D eigenvalue weighted by Gasteiger charge is 2.44. The van der Waals surface area contributed by atoms with Crippen LogP contribution in [-0.2, 0) is 11.0 Å². The van der Waals surface area contributed by atoms with Gasteiger partial charge in [0.05, 0.1) is 11.0 Å². The summed E-state index contributed by atoms with van der Waals surface area (Å²) in [5.41, 5.74) is -3.37. The van der Waals surface area contributed by atoms with Crippen molar-refractivity contribution in [1.29, 1.82) is 0 Å². The van der Waals surface area contributed by atoms with Gasteiger partial charge < -0.3 is 10.4 Å². The van der Waals surface area contributed by atoms with Gasteiger partial charge in [-0.1, -0.05) is 0 Å². The molecule has 0 spiro atoms. The van der Waals surface area contributed by atoms with E-state index in [1.165, 1.54) is 13.8 Å². The van der Waals surface area contributed by atoms with Crippen LogP contribution in [0.15, 0.2) is 12.3 Å². The van der Waals surface area contributed by atoms with Crippen molar-refractivity contribution in [3.8, 4) is 0 Å². The van der Waals surface area contributed by atoms with Gasteiger partial charge in [0, 0.05) is 6.20 Å². The summed E-state index contributed by atoms with van der Waals surface area (Å²) in [6.45, 7) is 6.06. The number of hydrogen-bond acceptors (Lipinski definition) is 4. The molecule has 0 aliphatic heterocycles. The molecule has 0 aromatic carbocycles. The minimum absolute atomic E-state index is 0.265. The molecular weight excluding hydrogens is 275 g/mol. The molecule has 1 aromatic rings. The number of nitrogens with one attached hydrogen (secondary N) is 1. The standard InChI is InChI=1S/C12H16F3N3O2/c1-10(2,8(19)20)11(3,4)18-9-16-6-5-7(17-9)12(13,14)15/h5-6H,1-4H3,(H,19,20)(H,16,17,18). The molecule has 0 aliphatic carbocycles. The van der Waals surface area contributed by atoms with E-state index in [0.29, 0.717) is 0 Å². The molecule has 2 N–H and O–H groups in total. The smallest absolute Gasteiger partial charge is 0.433 e. The quantitative estimate of drug-likeness (QED) is 0.892. The fraction of sp³-hybridized carbons (Fsp3) is 0.583. The van der Waals surface area contributed by atoms with Crippen LogP contribution >= 0.6 is 0 Å². The number of carboxylic acid groups (broad SMARTS) is 1. The molecule has 0 unspecified atom stereocenters. The van der Waals surface area contributed by atoms with Gasteiger partial charge in [0.1, 0.15) is 5.69 Å². The SMILES string of the molecule is CC(C)(Nc1nccc(C(F)(F)F)n1)C(C)(C)C(=O)O. The molecule has 1 heterocycles. The average molecular weight is 291 g/mol. The maximum absolute atomic E-state index is 12.6. The first-order chi connectivity index (χ1) is 8.88. The van der Waals surface area contributed by atoms with Crippen molar-refractivity contribution in [3.05, 3.63) is 18.0 Å². The Morgan fingerprint density at radius 3 is 2.25 bits per heavy atom. The number of aliphatic carboxylic acids is 1. The van der Waals surface area contributed by atoms with E-state index in [4.69, 9.17) is 0 Å². The van der Waals surface area contributed by atoms with Crippen molar-refractivity contribution in [2.24, 2.45) is 5.41 Å². The number of alkyl halides is 3. The Balaban J connectivity index is 3.08. The van der Waals surface area contributed by atoms with Crippen LogP contribution in [0.4, 0.5) is 19.1 Å². The lowest BCUT2D eigenvalue weighted by Crippen LogP contribution is -2.51. The summed E-state index contributed by atoms with van der Waals surface area (Å²) in [6.07, 6.45) is -3.60. The van der Waals surface area contributed by atoms with Crippen molar-refractivity contribution >= 4 is 11.9 Å². The van der Waals surface area contributed by atoms with Gasteiger partial charge in [-0.3, -0.25) is 4.79 Å². The van der Waals surface area contributed by atoms with Crippen molar-refractivity contribution in [1.82, 2.24) is 9.97 Å². The van der Waals surface area contributed by atoms with E-state index in [1.54, 1.807) is 13.8 Å². The van der Waals surface area contributed by atoms with E-state index in [2.05, 4.69) is 15.3 Å². The largest absolute Gasteiger partial charge is 0.481 e. The second-order valence-electron chi connectivity index (χ2n) is 5.44. The number of aromatic nitrogens is 2. The summed E-state index contributed by atoms with van der Waals surface area (Å²) in [7, 11) is 0. The minimum atomic E-state index is -4.58. The first-order valence-electron chi connectivity index (χ1n) is 5.80. The fourth-order valence-electron chi connectivity index (χ4n) is 1.28. The highest BCUT2D eigenvalue weighted by atomic mass is 19.4. The summed E-state index contributed by atoms with van der Waals surface area (Å²) in [5.74, 6) is -1.35. The second-order valence-corrected chi connectivity index (χ2v) is 5.44. The fourth-order valence-corrected chi connectivity index (χ4v) is 1.28. The molecule has 0 bridgehead atoms. The van der Waals surface area contributed by atoms with E-state index >= 15 is 0 Å². The number of hydrogen-bond donors (Lipinski definition) is 2. The zero-order chi connectivity index (χ0) is 15.8. The molecule has 0 aliphatic rings. The zero-order valence-electron chi connectivity index (χ0n) is 11.5. The molecule has 20 heavy (non-hydrogen) atoms. The Kier molecular flexibility index (Phi) is 3.98. The number of nitrogens with zero attached hydrogens (tertiary/aromatic N) is 2. The Hall–Kier alpha value is -1.86. The van der Waals surface area contributed by atoms with Gasteiger partial charge in [-0.05, 0) is 33.8 Å². The number of rotatable bonds is 4. The summed E-state index contributed by atoms with van der Waals surface area (Å²) in [4.78, 5) is 18.3. The van der Waals surface area contributed by atoms with E-state index < -0.39 is 28.8 Å². The monoisotopic (exact) mass is 291 g/mol. The van der Waals surface area contributed by atoms with Crippen LogP contribution in [0.5, 0.6) is 0 Å². The van der Waals surface area contributed by atoms with Crippen molar-refractivity contribution in [3.63, 3.8) is 0 Å². The normalized spacial score (nSPS) is 13.2. The second kappa shape index (κ2) is 4.92. The highest BCUT2D eigenvalue weighted by molar-refractivity contribution is 5.76. The first kappa shape index (κ1) is 16.2. The predicted molar refractivity (Wildman–Crippen MR) is 66.2 cm³/mol. The Morgan fingerprint density at radius 2 is 1.80 bits per heavy atom. The van der Waals surface area contributed by atoms with Crippen LogP contribution in [0, 0.1) is 5.41 Å². The summed E-state index contributed by atoms with van der Waals surface area (Å²) in [5, 5.41) is 11.8. The van der Waals surface area contributed by atoms with Crippen LogP contribution < -0.4 is 5.32 Å². The third-order valence-corrected chi connectivity index (χ3v) is 3.47. The van der Waals surface area contributed by atoms with Crippen LogP contribution in [0.2, 0.25) is 0 Å². The van der Waals surface area contributed by atoms with Gasteiger partial charge in [0.2, 0.25) is 5.95 Å². The van der Waals surface area contributed by atoms with Gasteiger partial charge in [-0.25, -0.2) is 9.97 Å². The van der Waals surface area contributed by atoms with Gasteiger partial charge in [-0.2, -0.15) is 13.2 Å². The van der Waals surface area contributed by atoms with Gasteiger partial charge >= 0.3 is 12.1 Å². The number of anilines is 1. The van der Waals surface area contributed by atoms with Crippen LogP contribution in [0.25, 0.3) is 0 Å². The van der Waals surface area contributed by atoms with E-state index in [0.717, 1.165) is 12.3 Å². The molecule has 5 nitrogen and oxygen atoms in total. The molecule has 0 saturated carbocycles. The summed E-state index contributed by atoms with van der Waals surface area (Å²) >= 11 is 0. The Labute approximate surface area is 114 Å². The molecule has 1 aromatic heterocycles. The third-order valence-electron chi connectivity index (χ3n) is 3.47. The van der Waals surface area contributed by atoms with Gasteiger partial charge in [0.15, 0.2) is 0 Å².